The molecule has 0 amide bonds. The number of nitrogens with zero attached hydrogens (tertiary/aromatic N) is 1. The zero-order valence-corrected chi connectivity index (χ0v) is 5.42. The van der Waals surface area contributed by atoms with Gasteiger partial charge in [-0.3, -0.25) is 0 Å². The Hall–Kier alpha value is -1.56. The minimum absolute atomic E-state index is 0.0856. The van der Waals surface area contributed by atoms with Crippen molar-refractivity contribution in [3.05, 3.63) is 33.9 Å². The lowest BCUT2D eigenvalue weighted by Crippen LogP contribution is -2.04. The maximum atomic E-state index is 10.7. The van der Waals surface area contributed by atoms with E-state index in [9.17, 15) is 4.79 Å². The largest absolute Gasteiger partial charge is 0.430 e. The van der Waals surface area contributed by atoms with Crippen LogP contribution in [0.3, 0.4) is 0 Å². The molecule has 0 fully saturated rings. The molecule has 0 bridgehead atoms. The first-order valence-electron chi connectivity index (χ1n) is 2.74. The molecular formula is C7H5NO2. The van der Waals surface area contributed by atoms with Gasteiger partial charge in [-0.2, -0.15) is 5.26 Å². The molecule has 0 aliphatic rings. The molecule has 0 aromatic carbocycles. The van der Waals surface area contributed by atoms with Crippen molar-refractivity contribution in [1.29, 1.82) is 5.26 Å². The molecule has 0 N–H and O–H groups in total. The van der Waals surface area contributed by atoms with Gasteiger partial charge < -0.3 is 4.42 Å². The van der Waals surface area contributed by atoms with Crippen LogP contribution in [0.5, 0.6) is 0 Å². The van der Waals surface area contributed by atoms with Crippen LogP contribution in [0.15, 0.2) is 21.5 Å². The van der Waals surface area contributed by atoms with Crippen molar-refractivity contribution in [3.63, 3.8) is 0 Å². The summed E-state index contributed by atoms with van der Waals surface area (Å²) in [7, 11) is 0. The summed E-state index contributed by atoms with van der Waals surface area (Å²) >= 11 is 0. The standard InChI is InChI=1S/C7H5NO2/c1-5-2-3-10-7(9)6(5)4-8/h2-3H,1H3. The van der Waals surface area contributed by atoms with Gasteiger partial charge >= 0.3 is 5.63 Å². The van der Waals surface area contributed by atoms with Crippen molar-refractivity contribution in [2.24, 2.45) is 0 Å². The Morgan fingerprint density at radius 3 is 2.80 bits per heavy atom. The van der Waals surface area contributed by atoms with Gasteiger partial charge in [0.05, 0.1) is 6.26 Å². The number of rotatable bonds is 0. The molecular weight excluding hydrogens is 130 g/mol. The van der Waals surface area contributed by atoms with Crippen LogP contribution in [0.1, 0.15) is 11.1 Å². The lowest BCUT2D eigenvalue weighted by Gasteiger charge is -1.89. The fourth-order valence-corrected chi connectivity index (χ4v) is 0.635. The Kier molecular flexibility index (Phi) is 1.55. The van der Waals surface area contributed by atoms with Crippen LogP contribution in [0.4, 0.5) is 0 Å². The Bertz CT molecular complexity index is 332. The Labute approximate surface area is 57.5 Å². The molecule has 1 aromatic rings. The summed E-state index contributed by atoms with van der Waals surface area (Å²) in [5.74, 6) is 0. The van der Waals surface area contributed by atoms with E-state index < -0.39 is 5.63 Å². The van der Waals surface area contributed by atoms with E-state index in [0.717, 1.165) is 0 Å². The van der Waals surface area contributed by atoms with Crippen LogP contribution in [0, 0.1) is 18.3 Å². The third-order valence-electron chi connectivity index (χ3n) is 1.20. The van der Waals surface area contributed by atoms with Gasteiger partial charge in [0, 0.05) is 0 Å². The molecule has 3 nitrogen and oxygen atoms in total. The van der Waals surface area contributed by atoms with E-state index in [4.69, 9.17) is 5.26 Å². The highest BCUT2D eigenvalue weighted by Crippen LogP contribution is 1.97. The summed E-state index contributed by atoms with van der Waals surface area (Å²) in [6.07, 6.45) is 1.28. The maximum Gasteiger partial charge on any atom is 0.353 e. The monoisotopic (exact) mass is 135 g/mol. The number of hydrogen-bond donors (Lipinski definition) is 0. The predicted molar refractivity (Wildman–Crippen MR) is 34.4 cm³/mol. The second kappa shape index (κ2) is 2.36. The number of aryl methyl sites for hydroxylation is 1. The van der Waals surface area contributed by atoms with E-state index in [0.29, 0.717) is 5.56 Å². The van der Waals surface area contributed by atoms with Gasteiger partial charge in [-0.05, 0) is 18.6 Å². The Morgan fingerprint density at radius 1 is 1.70 bits per heavy atom. The first-order chi connectivity index (χ1) is 4.75. The van der Waals surface area contributed by atoms with Crippen LogP contribution < -0.4 is 5.63 Å². The van der Waals surface area contributed by atoms with E-state index in [1.54, 1.807) is 19.1 Å². The third-order valence-corrected chi connectivity index (χ3v) is 1.20. The van der Waals surface area contributed by atoms with E-state index in [1.807, 2.05) is 0 Å². The van der Waals surface area contributed by atoms with Gasteiger partial charge in [-0.1, -0.05) is 0 Å². The van der Waals surface area contributed by atoms with Crippen LogP contribution in [-0.4, -0.2) is 0 Å². The van der Waals surface area contributed by atoms with Gasteiger partial charge in [0.1, 0.15) is 11.6 Å². The lowest BCUT2D eigenvalue weighted by atomic mass is 10.2. The molecule has 1 rings (SSSR count). The van der Waals surface area contributed by atoms with Gasteiger partial charge in [0.15, 0.2) is 0 Å². The number of hydrogen-bond acceptors (Lipinski definition) is 3. The molecule has 0 aliphatic carbocycles. The van der Waals surface area contributed by atoms with Crippen molar-refractivity contribution in [3.8, 4) is 6.07 Å². The van der Waals surface area contributed by atoms with Crippen LogP contribution in [-0.2, 0) is 0 Å². The zero-order chi connectivity index (χ0) is 7.56. The highest BCUT2D eigenvalue weighted by Gasteiger charge is 2.01. The molecule has 0 unspecified atom stereocenters. The number of nitriles is 1. The average molecular weight is 135 g/mol. The molecule has 3 heteroatoms. The first kappa shape index (κ1) is 6.56. The molecule has 1 aromatic heterocycles. The minimum Gasteiger partial charge on any atom is -0.430 e. The van der Waals surface area contributed by atoms with Gasteiger partial charge in [0.25, 0.3) is 0 Å². The molecule has 0 atom stereocenters. The van der Waals surface area contributed by atoms with Gasteiger partial charge in [0.2, 0.25) is 0 Å². The van der Waals surface area contributed by atoms with Gasteiger partial charge in [-0.25, -0.2) is 4.79 Å². The maximum absolute atomic E-state index is 10.7. The summed E-state index contributed by atoms with van der Waals surface area (Å²) in [5.41, 5.74) is 0.170. The molecule has 50 valence electrons. The second-order valence-electron chi connectivity index (χ2n) is 1.88. The minimum atomic E-state index is -0.567. The summed E-state index contributed by atoms with van der Waals surface area (Å²) in [5, 5.41) is 8.39. The summed E-state index contributed by atoms with van der Waals surface area (Å²) < 4.78 is 4.45. The van der Waals surface area contributed by atoms with Crippen LogP contribution in [0.25, 0.3) is 0 Å². The molecule has 0 aliphatic heterocycles. The van der Waals surface area contributed by atoms with Crippen molar-refractivity contribution in [1.82, 2.24) is 0 Å². The molecule has 0 radical (unpaired) electrons. The SMILES string of the molecule is Cc1ccoc(=O)c1C#N. The quantitative estimate of drug-likeness (QED) is 0.529. The normalized spacial score (nSPS) is 8.80. The summed E-state index contributed by atoms with van der Waals surface area (Å²) in [6.45, 7) is 1.69. The van der Waals surface area contributed by atoms with Crippen LogP contribution >= 0.6 is 0 Å². The summed E-state index contributed by atoms with van der Waals surface area (Å²) in [4.78, 5) is 10.7. The highest BCUT2D eigenvalue weighted by atomic mass is 16.4. The summed E-state index contributed by atoms with van der Waals surface area (Å²) in [6, 6.07) is 3.34. The van der Waals surface area contributed by atoms with Crippen molar-refractivity contribution >= 4 is 0 Å². The van der Waals surface area contributed by atoms with E-state index in [-0.39, 0.29) is 5.56 Å². The fourth-order valence-electron chi connectivity index (χ4n) is 0.635. The highest BCUT2D eigenvalue weighted by molar-refractivity contribution is 5.31. The van der Waals surface area contributed by atoms with E-state index >= 15 is 0 Å². The molecule has 10 heavy (non-hydrogen) atoms. The smallest absolute Gasteiger partial charge is 0.353 e. The van der Waals surface area contributed by atoms with Crippen molar-refractivity contribution < 1.29 is 4.42 Å². The Balaban J connectivity index is 3.50. The second-order valence-corrected chi connectivity index (χ2v) is 1.88. The van der Waals surface area contributed by atoms with E-state index in [1.165, 1.54) is 6.26 Å². The molecule has 0 saturated heterocycles. The Morgan fingerprint density at radius 2 is 2.40 bits per heavy atom. The third kappa shape index (κ3) is 0.914. The molecule has 0 saturated carbocycles. The van der Waals surface area contributed by atoms with E-state index in [2.05, 4.69) is 4.42 Å². The predicted octanol–water partition coefficient (Wildman–Crippen LogP) is 0.820. The topological polar surface area (TPSA) is 54.0 Å². The zero-order valence-electron chi connectivity index (χ0n) is 5.42. The average Bonchev–Trinajstić information content (AvgIpc) is 1.88. The van der Waals surface area contributed by atoms with Gasteiger partial charge in [-0.15, -0.1) is 0 Å². The van der Waals surface area contributed by atoms with Crippen molar-refractivity contribution in [2.45, 2.75) is 6.92 Å². The first-order valence-corrected chi connectivity index (χ1v) is 2.74. The fraction of sp³-hybridized carbons (Fsp3) is 0.143. The molecule has 1 heterocycles. The van der Waals surface area contributed by atoms with Crippen LogP contribution in [0.2, 0.25) is 0 Å². The molecule has 0 spiro atoms. The van der Waals surface area contributed by atoms with Crippen molar-refractivity contribution in [2.75, 3.05) is 0 Å². The lowest BCUT2D eigenvalue weighted by molar-refractivity contribution is 0.507.